The predicted octanol–water partition coefficient (Wildman–Crippen LogP) is 2.60. The molecular formula is C20H22N2O3. The van der Waals surface area contributed by atoms with E-state index in [0.29, 0.717) is 17.2 Å². The summed E-state index contributed by atoms with van der Waals surface area (Å²) in [7, 11) is 0. The lowest BCUT2D eigenvalue weighted by atomic mass is 10.0. The summed E-state index contributed by atoms with van der Waals surface area (Å²) in [5.41, 5.74) is 8.13. The fourth-order valence-electron chi connectivity index (χ4n) is 3.31. The van der Waals surface area contributed by atoms with Gasteiger partial charge in [0, 0.05) is 0 Å². The summed E-state index contributed by atoms with van der Waals surface area (Å²) in [6, 6.07) is 15.0. The molecule has 0 bridgehead atoms. The molecule has 0 aliphatic heterocycles. The molecule has 0 saturated carbocycles. The second-order valence-corrected chi connectivity index (χ2v) is 6.38. The lowest BCUT2D eigenvalue weighted by Crippen LogP contribution is -2.31. The highest BCUT2D eigenvalue weighted by Gasteiger charge is 2.29. The molecule has 130 valence electrons. The fourth-order valence-corrected chi connectivity index (χ4v) is 3.31. The van der Waals surface area contributed by atoms with Gasteiger partial charge in [-0.25, -0.2) is 0 Å². The largest absolute Gasteiger partial charge is 0.492 e. The monoisotopic (exact) mass is 338 g/mol. The van der Waals surface area contributed by atoms with Crippen LogP contribution < -0.4 is 15.8 Å². The topological polar surface area (TPSA) is 81.4 Å². The molecule has 3 N–H and O–H groups in total. The molecule has 0 radical (unpaired) electrons. The van der Waals surface area contributed by atoms with Crippen molar-refractivity contribution in [2.24, 2.45) is 11.7 Å². The average Bonchev–Trinajstić information content (AvgIpc) is 2.91. The zero-order valence-electron chi connectivity index (χ0n) is 14.2. The molecule has 0 aromatic heterocycles. The molecular weight excluding hydrogens is 316 g/mol. The van der Waals surface area contributed by atoms with Crippen molar-refractivity contribution in [3.63, 3.8) is 0 Å². The minimum Gasteiger partial charge on any atom is -0.492 e. The molecule has 0 fully saturated rings. The van der Waals surface area contributed by atoms with E-state index in [1.165, 1.54) is 11.1 Å². The van der Waals surface area contributed by atoms with Crippen LogP contribution in [0.1, 0.15) is 40.9 Å². The van der Waals surface area contributed by atoms with E-state index in [4.69, 9.17) is 10.5 Å². The van der Waals surface area contributed by atoms with Crippen molar-refractivity contribution >= 4 is 11.8 Å². The van der Waals surface area contributed by atoms with E-state index in [1.807, 2.05) is 12.1 Å². The number of ether oxygens (including phenoxy) is 1. The van der Waals surface area contributed by atoms with Crippen molar-refractivity contribution in [3.8, 4) is 5.75 Å². The maximum Gasteiger partial charge on any atom is 0.252 e. The molecule has 0 spiro atoms. The van der Waals surface area contributed by atoms with Gasteiger partial charge in [0.15, 0.2) is 0 Å². The fraction of sp³-hybridized carbons (Fsp3) is 0.300. The molecule has 2 aromatic carbocycles. The summed E-state index contributed by atoms with van der Waals surface area (Å²) < 4.78 is 5.57. The Kier molecular flexibility index (Phi) is 5.03. The highest BCUT2D eigenvalue weighted by atomic mass is 16.5. The number of fused-ring (bicyclic) bond motifs is 1. The number of carbonyl (C=O) groups is 2. The third-order valence-corrected chi connectivity index (χ3v) is 4.56. The van der Waals surface area contributed by atoms with Crippen LogP contribution in [0.4, 0.5) is 0 Å². The van der Waals surface area contributed by atoms with Crippen LogP contribution in [0.15, 0.2) is 48.5 Å². The Morgan fingerprint density at radius 3 is 2.68 bits per heavy atom. The molecule has 5 heteroatoms. The standard InChI is InChI=1S/C20H22N2O3/c1-13-12-14-6-2-3-7-15(14)19(13)22-18(23)10-11-25-17-9-5-4-8-16(17)20(21)24/h2-9,13,19H,10-12H2,1H3,(H2,21,24)(H,22,23)/t13-,19-/m0/s1. The molecule has 2 aromatic rings. The highest BCUT2D eigenvalue weighted by molar-refractivity contribution is 5.95. The molecule has 3 rings (SSSR count). The van der Waals surface area contributed by atoms with Crippen LogP contribution in [0.3, 0.4) is 0 Å². The number of nitrogens with two attached hydrogens (primary N) is 1. The van der Waals surface area contributed by atoms with E-state index in [1.54, 1.807) is 24.3 Å². The minimum atomic E-state index is -0.545. The quantitative estimate of drug-likeness (QED) is 0.849. The Morgan fingerprint density at radius 2 is 1.88 bits per heavy atom. The van der Waals surface area contributed by atoms with E-state index < -0.39 is 5.91 Å². The van der Waals surface area contributed by atoms with E-state index in [-0.39, 0.29) is 25.0 Å². The third kappa shape index (κ3) is 3.82. The van der Waals surface area contributed by atoms with Crippen molar-refractivity contribution < 1.29 is 14.3 Å². The molecule has 0 heterocycles. The van der Waals surface area contributed by atoms with E-state index in [2.05, 4.69) is 24.4 Å². The predicted molar refractivity (Wildman–Crippen MR) is 95.3 cm³/mol. The smallest absolute Gasteiger partial charge is 0.252 e. The van der Waals surface area contributed by atoms with Crippen molar-refractivity contribution in [2.45, 2.75) is 25.8 Å². The number of para-hydroxylation sites is 1. The number of rotatable bonds is 6. The number of nitrogens with one attached hydrogen (secondary N) is 1. The summed E-state index contributed by atoms with van der Waals surface area (Å²) in [4.78, 5) is 23.6. The highest BCUT2D eigenvalue weighted by Crippen LogP contribution is 2.35. The number of benzene rings is 2. The van der Waals surface area contributed by atoms with Gasteiger partial charge in [-0.15, -0.1) is 0 Å². The van der Waals surface area contributed by atoms with Gasteiger partial charge in [0.1, 0.15) is 5.75 Å². The first-order valence-electron chi connectivity index (χ1n) is 8.45. The Bertz CT molecular complexity index is 788. The number of carbonyl (C=O) groups excluding carboxylic acids is 2. The Balaban J connectivity index is 1.55. The maximum absolute atomic E-state index is 12.3. The first-order chi connectivity index (χ1) is 12.1. The van der Waals surface area contributed by atoms with E-state index in [9.17, 15) is 9.59 Å². The van der Waals surface area contributed by atoms with Gasteiger partial charge in [-0.2, -0.15) is 0 Å². The molecule has 2 amide bonds. The van der Waals surface area contributed by atoms with Crippen LogP contribution in [0, 0.1) is 5.92 Å². The first kappa shape index (κ1) is 17.0. The van der Waals surface area contributed by atoms with Gasteiger partial charge >= 0.3 is 0 Å². The van der Waals surface area contributed by atoms with Crippen LogP contribution in [-0.4, -0.2) is 18.4 Å². The SMILES string of the molecule is C[C@H]1Cc2ccccc2[C@H]1NC(=O)CCOc1ccccc1C(N)=O. The Morgan fingerprint density at radius 1 is 1.16 bits per heavy atom. The zero-order valence-corrected chi connectivity index (χ0v) is 14.2. The summed E-state index contributed by atoms with van der Waals surface area (Å²) >= 11 is 0. The number of hydrogen-bond donors (Lipinski definition) is 2. The van der Waals surface area contributed by atoms with Crippen molar-refractivity contribution in [2.75, 3.05) is 6.61 Å². The Labute approximate surface area is 147 Å². The van der Waals surface area contributed by atoms with Gasteiger partial charge in [-0.05, 0) is 35.6 Å². The first-order valence-corrected chi connectivity index (χ1v) is 8.45. The number of amides is 2. The van der Waals surface area contributed by atoms with Crippen LogP contribution in [0.5, 0.6) is 5.75 Å². The summed E-state index contributed by atoms with van der Waals surface area (Å²) in [5.74, 6) is 0.168. The number of primary amides is 1. The van der Waals surface area contributed by atoms with Crippen LogP contribution in [-0.2, 0) is 11.2 Å². The lowest BCUT2D eigenvalue weighted by molar-refractivity contribution is -0.122. The average molecular weight is 338 g/mol. The van der Waals surface area contributed by atoms with Crippen molar-refractivity contribution in [1.82, 2.24) is 5.32 Å². The Hall–Kier alpha value is -2.82. The maximum atomic E-state index is 12.3. The zero-order chi connectivity index (χ0) is 17.8. The second-order valence-electron chi connectivity index (χ2n) is 6.38. The van der Waals surface area contributed by atoms with Crippen LogP contribution >= 0.6 is 0 Å². The van der Waals surface area contributed by atoms with Gasteiger partial charge in [0.05, 0.1) is 24.6 Å². The minimum absolute atomic E-state index is 0.0432. The van der Waals surface area contributed by atoms with Crippen LogP contribution in [0.2, 0.25) is 0 Å². The van der Waals surface area contributed by atoms with Gasteiger partial charge in [-0.1, -0.05) is 43.3 Å². The van der Waals surface area contributed by atoms with Crippen LogP contribution in [0.25, 0.3) is 0 Å². The van der Waals surface area contributed by atoms with Gasteiger partial charge < -0.3 is 15.8 Å². The second kappa shape index (κ2) is 7.38. The van der Waals surface area contributed by atoms with Crippen molar-refractivity contribution in [3.05, 3.63) is 65.2 Å². The third-order valence-electron chi connectivity index (χ3n) is 4.56. The molecule has 1 aliphatic rings. The lowest BCUT2D eigenvalue weighted by Gasteiger charge is -2.19. The summed E-state index contributed by atoms with van der Waals surface area (Å²) in [5, 5.41) is 3.10. The van der Waals surface area contributed by atoms with Gasteiger partial charge in [0.25, 0.3) is 5.91 Å². The molecule has 0 unspecified atom stereocenters. The van der Waals surface area contributed by atoms with Crippen molar-refractivity contribution in [1.29, 1.82) is 0 Å². The molecule has 5 nitrogen and oxygen atoms in total. The van der Waals surface area contributed by atoms with E-state index in [0.717, 1.165) is 6.42 Å². The van der Waals surface area contributed by atoms with E-state index >= 15 is 0 Å². The number of hydrogen-bond acceptors (Lipinski definition) is 3. The summed E-state index contributed by atoms with van der Waals surface area (Å²) in [6.45, 7) is 2.34. The van der Waals surface area contributed by atoms with Gasteiger partial charge in [0.2, 0.25) is 5.91 Å². The molecule has 0 saturated heterocycles. The molecule has 1 aliphatic carbocycles. The molecule has 25 heavy (non-hydrogen) atoms. The molecule has 2 atom stereocenters. The summed E-state index contributed by atoms with van der Waals surface area (Å²) in [6.07, 6.45) is 1.20. The normalized spacial score (nSPS) is 18.4. The van der Waals surface area contributed by atoms with Gasteiger partial charge in [-0.3, -0.25) is 9.59 Å².